The summed E-state index contributed by atoms with van der Waals surface area (Å²) >= 11 is 7.34. The Morgan fingerprint density at radius 2 is 2.07 bits per heavy atom. The number of hydrogen-bond donors (Lipinski definition) is 1. The van der Waals surface area contributed by atoms with E-state index < -0.39 is 10.0 Å². The van der Waals surface area contributed by atoms with Gasteiger partial charge in [0.15, 0.2) is 11.5 Å². The zero-order chi connectivity index (χ0) is 20.4. The van der Waals surface area contributed by atoms with Gasteiger partial charge in [0.1, 0.15) is 4.21 Å². The lowest BCUT2D eigenvalue weighted by Crippen LogP contribution is -2.46. The summed E-state index contributed by atoms with van der Waals surface area (Å²) in [6, 6.07) is 6.59. The Balaban J connectivity index is 1.32. The van der Waals surface area contributed by atoms with Gasteiger partial charge in [0, 0.05) is 25.2 Å². The molecule has 154 valence electrons. The number of ether oxygens (including phenoxy) is 2. The molecule has 2 aliphatic heterocycles. The number of thiophene rings is 1. The van der Waals surface area contributed by atoms with Crippen LogP contribution in [0.4, 0.5) is 0 Å². The van der Waals surface area contributed by atoms with Crippen LogP contribution in [0.2, 0.25) is 5.02 Å². The van der Waals surface area contributed by atoms with Crippen molar-refractivity contribution in [3.63, 3.8) is 0 Å². The van der Waals surface area contributed by atoms with Crippen LogP contribution in [0.1, 0.15) is 18.4 Å². The van der Waals surface area contributed by atoms with Gasteiger partial charge in [-0.2, -0.15) is 0 Å². The Kier molecular flexibility index (Phi) is 5.82. The summed E-state index contributed by atoms with van der Waals surface area (Å²) < 4.78 is 38.3. The standard InChI is InChI=1S/C19H19ClN2O5S2/c20-15-10-13(11-16-19(15)27-12-26-16)3-4-17(23)22-7-5-14(6-8-22)21-29(24,25)18-2-1-9-28-18/h1-4,9-11,14,21H,5-8,12H2/b4-3+. The largest absolute Gasteiger partial charge is 0.454 e. The van der Waals surface area contributed by atoms with Crippen molar-refractivity contribution in [3.05, 3.63) is 46.3 Å². The number of hydrogen-bond acceptors (Lipinski definition) is 6. The van der Waals surface area contributed by atoms with E-state index in [9.17, 15) is 13.2 Å². The Morgan fingerprint density at radius 1 is 1.28 bits per heavy atom. The molecular formula is C19H19ClN2O5S2. The molecule has 29 heavy (non-hydrogen) atoms. The van der Waals surface area contributed by atoms with E-state index >= 15 is 0 Å². The predicted octanol–water partition coefficient (Wildman–Crippen LogP) is 3.11. The van der Waals surface area contributed by atoms with Crippen LogP contribution in [0, 0.1) is 0 Å². The molecule has 2 aliphatic rings. The average molecular weight is 455 g/mol. The second-order valence-corrected chi connectivity index (χ2v) is 10.0. The summed E-state index contributed by atoms with van der Waals surface area (Å²) in [4.78, 5) is 14.2. The van der Waals surface area contributed by atoms with Crippen LogP contribution in [-0.4, -0.2) is 45.1 Å². The third kappa shape index (κ3) is 4.58. The van der Waals surface area contributed by atoms with Gasteiger partial charge in [-0.15, -0.1) is 11.3 Å². The van der Waals surface area contributed by atoms with Crippen LogP contribution in [0.3, 0.4) is 0 Å². The fraction of sp³-hybridized carbons (Fsp3) is 0.316. The molecular weight excluding hydrogens is 436 g/mol. The maximum absolute atomic E-state index is 12.5. The summed E-state index contributed by atoms with van der Waals surface area (Å²) in [6.07, 6.45) is 4.31. The minimum atomic E-state index is -3.49. The monoisotopic (exact) mass is 454 g/mol. The molecule has 1 aromatic heterocycles. The second kappa shape index (κ2) is 8.35. The number of carbonyl (C=O) groups excluding carboxylic acids is 1. The van der Waals surface area contributed by atoms with Gasteiger partial charge in [-0.05, 0) is 48.1 Å². The number of nitrogens with one attached hydrogen (secondary N) is 1. The Bertz CT molecular complexity index is 1030. The highest BCUT2D eigenvalue weighted by Crippen LogP contribution is 2.40. The summed E-state index contributed by atoms with van der Waals surface area (Å²) in [5, 5.41) is 2.17. The third-order valence-corrected chi connectivity index (χ3v) is 7.96. The maximum Gasteiger partial charge on any atom is 0.250 e. The molecule has 1 saturated heterocycles. The summed E-state index contributed by atoms with van der Waals surface area (Å²) in [5.74, 6) is 0.948. The lowest BCUT2D eigenvalue weighted by atomic mass is 10.1. The van der Waals surface area contributed by atoms with Gasteiger partial charge in [0.2, 0.25) is 22.7 Å². The van der Waals surface area contributed by atoms with Crippen molar-refractivity contribution >= 4 is 44.9 Å². The molecule has 2 aromatic rings. The highest BCUT2D eigenvalue weighted by atomic mass is 35.5. The second-order valence-electron chi connectivity index (χ2n) is 6.72. The van der Waals surface area contributed by atoms with E-state index in [1.807, 2.05) is 0 Å². The van der Waals surface area contributed by atoms with Crippen molar-refractivity contribution in [1.82, 2.24) is 9.62 Å². The van der Waals surface area contributed by atoms with Crippen molar-refractivity contribution < 1.29 is 22.7 Å². The number of rotatable bonds is 5. The van der Waals surface area contributed by atoms with E-state index in [1.165, 1.54) is 17.4 Å². The molecule has 0 aliphatic carbocycles. The van der Waals surface area contributed by atoms with E-state index in [1.54, 1.807) is 40.6 Å². The number of nitrogens with zero attached hydrogens (tertiary/aromatic N) is 1. The molecule has 3 heterocycles. The lowest BCUT2D eigenvalue weighted by Gasteiger charge is -2.31. The maximum atomic E-state index is 12.5. The van der Waals surface area contributed by atoms with Gasteiger partial charge >= 0.3 is 0 Å². The van der Waals surface area contributed by atoms with E-state index in [-0.39, 0.29) is 18.7 Å². The molecule has 4 rings (SSSR count). The van der Waals surface area contributed by atoms with Gasteiger partial charge in [-0.1, -0.05) is 17.7 Å². The molecule has 0 bridgehead atoms. The fourth-order valence-electron chi connectivity index (χ4n) is 3.27. The van der Waals surface area contributed by atoms with Crippen LogP contribution in [-0.2, 0) is 14.8 Å². The smallest absolute Gasteiger partial charge is 0.250 e. The molecule has 1 N–H and O–H groups in total. The summed E-state index contributed by atoms with van der Waals surface area (Å²) in [6.45, 7) is 1.11. The van der Waals surface area contributed by atoms with Crippen molar-refractivity contribution in [3.8, 4) is 11.5 Å². The van der Waals surface area contributed by atoms with Crippen molar-refractivity contribution in [2.75, 3.05) is 19.9 Å². The number of piperidine rings is 1. The number of likely N-dealkylation sites (tertiary alicyclic amines) is 1. The molecule has 0 atom stereocenters. The Morgan fingerprint density at radius 3 is 2.79 bits per heavy atom. The van der Waals surface area contributed by atoms with E-state index in [2.05, 4.69) is 4.72 Å². The average Bonchev–Trinajstić information content (AvgIpc) is 3.39. The molecule has 1 aromatic carbocycles. The number of benzene rings is 1. The van der Waals surface area contributed by atoms with Gasteiger partial charge in [-0.25, -0.2) is 13.1 Å². The first-order valence-electron chi connectivity index (χ1n) is 9.04. The van der Waals surface area contributed by atoms with Gasteiger partial charge in [0.05, 0.1) is 5.02 Å². The van der Waals surface area contributed by atoms with Gasteiger partial charge in [0.25, 0.3) is 0 Å². The van der Waals surface area contributed by atoms with E-state index in [4.69, 9.17) is 21.1 Å². The van der Waals surface area contributed by atoms with Crippen molar-refractivity contribution in [1.29, 1.82) is 0 Å². The zero-order valence-corrected chi connectivity index (χ0v) is 17.7. The first-order chi connectivity index (χ1) is 13.9. The lowest BCUT2D eigenvalue weighted by molar-refractivity contribution is -0.126. The fourth-order valence-corrected chi connectivity index (χ4v) is 5.86. The van der Waals surface area contributed by atoms with Crippen LogP contribution >= 0.6 is 22.9 Å². The number of carbonyl (C=O) groups is 1. The topological polar surface area (TPSA) is 84.9 Å². The quantitative estimate of drug-likeness (QED) is 0.701. The Hall–Kier alpha value is -2.07. The number of amides is 1. The summed E-state index contributed by atoms with van der Waals surface area (Å²) in [5.41, 5.74) is 0.742. The normalized spacial score (nSPS) is 17.2. The van der Waals surface area contributed by atoms with Crippen molar-refractivity contribution in [2.24, 2.45) is 0 Å². The molecule has 0 saturated carbocycles. The molecule has 1 amide bonds. The minimum absolute atomic E-state index is 0.127. The highest BCUT2D eigenvalue weighted by molar-refractivity contribution is 7.91. The first-order valence-corrected chi connectivity index (χ1v) is 11.8. The van der Waals surface area contributed by atoms with E-state index in [0.29, 0.717) is 46.7 Å². The van der Waals surface area contributed by atoms with Crippen LogP contribution in [0.5, 0.6) is 11.5 Å². The van der Waals surface area contributed by atoms with Crippen molar-refractivity contribution in [2.45, 2.75) is 23.1 Å². The third-order valence-electron chi connectivity index (χ3n) is 4.76. The highest BCUT2D eigenvalue weighted by Gasteiger charge is 2.26. The number of sulfonamides is 1. The predicted molar refractivity (Wildman–Crippen MR) is 111 cm³/mol. The minimum Gasteiger partial charge on any atom is -0.454 e. The SMILES string of the molecule is O=C(/C=C/c1cc(Cl)c2c(c1)OCO2)N1CCC(NS(=O)(=O)c2cccs2)CC1. The van der Waals surface area contributed by atoms with Gasteiger partial charge < -0.3 is 14.4 Å². The number of halogens is 1. The van der Waals surface area contributed by atoms with Crippen LogP contribution in [0.15, 0.2) is 39.9 Å². The zero-order valence-electron chi connectivity index (χ0n) is 15.3. The molecule has 1 fully saturated rings. The summed E-state index contributed by atoms with van der Waals surface area (Å²) in [7, 11) is -3.49. The van der Waals surface area contributed by atoms with Crippen LogP contribution in [0.25, 0.3) is 6.08 Å². The molecule has 7 nitrogen and oxygen atoms in total. The Labute approximate surface area is 177 Å². The number of fused-ring (bicyclic) bond motifs is 1. The molecule has 0 unspecified atom stereocenters. The van der Waals surface area contributed by atoms with Gasteiger partial charge in [-0.3, -0.25) is 4.79 Å². The molecule has 0 spiro atoms. The molecule has 0 radical (unpaired) electrons. The first kappa shape index (κ1) is 20.2. The van der Waals surface area contributed by atoms with E-state index in [0.717, 1.165) is 5.56 Å². The molecule has 10 heteroatoms. The van der Waals surface area contributed by atoms with Crippen LogP contribution < -0.4 is 14.2 Å².